The average Bonchev–Trinajstić information content (AvgIpc) is 2.67. The summed E-state index contributed by atoms with van der Waals surface area (Å²) in [6.07, 6.45) is 2.13. The van der Waals surface area contributed by atoms with Crippen molar-refractivity contribution in [3.63, 3.8) is 0 Å². The molecular weight excluding hydrogens is 194 g/mol. The number of rotatable bonds is 3. The van der Waals surface area contributed by atoms with Crippen LogP contribution in [0.1, 0.15) is 37.4 Å². The van der Waals surface area contributed by atoms with Crippen LogP contribution in [0.4, 0.5) is 0 Å². The zero-order valence-electron chi connectivity index (χ0n) is 9.19. The largest absolute Gasteiger partial charge is 0.377 e. The molecule has 1 saturated heterocycles. The van der Waals surface area contributed by atoms with E-state index in [1.807, 2.05) is 0 Å². The molecule has 0 amide bonds. The van der Waals surface area contributed by atoms with Crippen LogP contribution >= 0.6 is 0 Å². The van der Waals surface area contributed by atoms with Crippen LogP contribution in [-0.2, 0) is 11.3 Å². The van der Waals surface area contributed by atoms with Gasteiger partial charge in [-0.15, -0.1) is 0 Å². The van der Waals surface area contributed by atoms with E-state index in [1.165, 1.54) is 0 Å². The standard InChI is InChI=1S/C10H17N3O2/c1-7-5-8(3-4-11-7)10-12-9(6-14-2)13-15-10/h7-8,11H,3-6H2,1-2H3. The van der Waals surface area contributed by atoms with Crippen molar-refractivity contribution in [1.29, 1.82) is 0 Å². The smallest absolute Gasteiger partial charge is 0.229 e. The molecule has 15 heavy (non-hydrogen) atoms. The molecule has 0 aromatic carbocycles. The molecule has 0 spiro atoms. The first-order valence-electron chi connectivity index (χ1n) is 5.34. The number of aromatic nitrogens is 2. The number of hydrogen-bond donors (Lipinski definition) is 1. The van der Waals surface area contributed by atoms with Crippen molar-refractivity contribution in [2.45, 2.75) is 38.3 Å². The summed E-state index contributed by atoms with van der Waals surface area (Å²) in [6.45, 7) is 3.62. The van der Waals surface area contributed by atoms with Gasteiger partial charge in [0.15, 0.2) is 5.82 Å². The number of methoxy groups -OCH3 is 1. The molecule has 5 nitrogen and oxygen atoms in total. The topological polar surface area (TPSA) is 60.2 Å². The monoisotopic (exact) mass is 211 g/mol. The highest BCUT2D eigenvalue weighted by molar-refractivity contribution is 4.97. The van der Waals surface area contributed by atoms with Crippen molar-refractivity contribution in [3.05, 3.63) is 11.7 Å². The first kappa shape index (κ1) is 10.6. The summed E-state index contributed by atoms with van der Waals surface area (Å²) in [5, 5.41) is 7.27. The van der Waals surface area contributed by atoms with Gasteiger partial charge in [0.25, 0.3) is 0 Å². The van der Waals surface area contributed by atoms with E-state index in [0.29, 0.717) is 24.4 Å². The van der Waals surface area contributed by atoms with Gasteiger partial charge in [0.1, 0.15) is 6.61 Å². The molecule has 1 aromatic heterocycles. The highest BCUT2D eigenvalue weighted by atomic mass is 16.5. The Kier molecular flexibility index (Phi) is 3.33. The van der Waals surface area contributed by atoms with E-state index in [0.717, 1.165) is 25.3 Å². The van der Waals surface area contributed by atoms with E-state index in [9.17, 15) is 0 Å². The Balaban J connectivity index is 2.01. The van der Waals surface area contributed by atoms with Crippen molar-refractivity contribution < 1.29 is 9.26 Å². The number of nitrogens with zero attached hydrogens (tertiary/aromatic N) is 2. The molecule has 2 unspecified atom stereocenters. The molecule has 2 heterocycles. The third-order valence-corrected chi connectivity index (χ3v) is 2.73. The van der Waals surface area contributed by atoms with Crippen LogP contribution in [-0.4, -0.2) is 29.8 Å². The SMILES string of the molecule is COCc1noc(C2CCNC(C)C2)n1. The van der Waals surface area contributed by atoms with Crippen molar-refractivity contribution in [2.24, 2.45) is 0 Å². The van der Waals surface area contributed by atoms with Gasteiger partial charge >= 0.3 is 0 Å². The zero-order valence-corrected chi connectivity index (χ0v) is 9.19. The fraction of sp³-hybridized carbons (Fsp3) is 0.800. The summed E-state index contributed by atoms with van der Waals surface area (Å²) in [4.78, 5) is 4.33. The molecule has 1 aromatic rings. The lowest BCUT2D eigenvalue weighted by Gasteiger charge is -2.25. The quantitative estimate of drug-likeness (QED) is 0.810. The molecule has 1 aliphatic rings. The van der Waals surface area contributed by atoms with E-state index >= 15 is 0 Å². The molecule has 2 atom stereocenters. The maximum absolute atomic E-state index is 5.24. The van der Waals surface area contributed by atoms with Gasteiger partial charge in [-0.1, -0.05) is 5.16 Å². The predicted molar refractivity (Wildman–Crippen MR) is 54.5 cm³/mol. The van der Waals surface area contributed by atoms with Gasteiger partial charge in [-0.3, -0.25) is 0 Å². The van der Waals surface area contributed by atoms with E-state index in [4.69, 9.17) is 9.26 Å². The van der Waals surface area contributed by atoms with Crippen LogP contribution in [0.15, 0.2) is 4.52 Å². The molecule has 2 rings (SSSR count). The summed E-state index contributed by atoms with van der Waals surface area (Å²) >= 11 is 0. The van der Waals surface area contributed by atoms with Gasteiger partial charge in [-0.2, -0.15) is 4.98 Å². The average molecular weight is 211 g/mol. The Morgan fingerprint density at radius 2 is 2.47 bits per heavy atom. The maximum Gasteiger partial charge on any atom is 0.229 e. The lowest BCUT2D eigenvalue weighted by molar-refractivity contribution is 0.174. The van der Waals surface area contributed by atoms with Crippen LogP contribution in [0.5, 0.6) is 0 Å². The Bertz CT molecular complexity index is 313. The van der Waals surface area contributed by atoms with Crippen molar-refractivity contribution in [3.8, 4) is 0 Å². The lowest BCUT2D eigenvalue weighted by Crippen LogP contribution is -2.34. The van der Waals surface area contributed by atoms with Gasteiger partial charge in [0.05, 0.1) is 0 Å². The number of ether oxygens (including phenoxy) is 1. The van der Waals surface area contributed by atoms with E-state index in [2.05, 4.69) is 22.4 Å². The fourth-order valence-corrected chi connectivity index (χ4v) is 1.98. The maximum atomic E-state index is 5.24. The normalized spacial score (nSPS) is 26.8. The molecule has 1 N–H and O–H groups in total. The minimum atomic E-state index is 0.402. The second-order valence-corrected chi connectivity index (χ2v) is 4.06. The van der Waals surface area contributed by atoms with Crippen molar-refractivity contribution in [2.75, 3.05) is 13.7 Å². The van der Waals surface area contributed by atoms with E-state index < -0.39 is 0 Å². The molecule has 0 saturated carbocycles. The number of piperidine rings is 1. The van der Waals surface area contributed by atoms with Gasteiger partial charge in [0.2, 0.25) is 5.89 Å². The Labute approximate surface area is 89.2 Å². The Morgan fingerprint density at radius 3 is 3.20 bits per heavy atom. The summed E-state index contributed by atoms with van der Waals surface area (Å²) in [5.41, 5.74) is 0. The molecule has 1 fully saturated rings. The van der Waals surface area contributed by atoms with Crippen LogP contribution < -0.4 is 5.32 Å². The van der Waals surface area contributed by atoms with Crippen LogP contribution in [0.25, 0.3) is 0 Å². The summed E-state index contributed by atoms with van der Waals surface area (Å²) < 4.78 is 10.2. The molecule has 84 valence electrons. The van der Waals surface area contributed by atoms with Gasteiger partial charge in [0, 0.05) is 19.1 Å². The third kappa shape index (κ3) is 2.54. The molecule has 1 aliphatic heterocycles. The highest BCUT2D eigenvalue weighted by Crippen LogP contribution is 2.26. The van der Waals surface area contributed by atoms with Crippen LogP contribution in [0.2, 0.25) is 0 Å². The Hall–Kier alpha value is -0.940. The Morgan fingerprint density at radius 1 is 1.60 bits per heavy atom. The number of nitrogens with one attached hydrogen (secondary N) is 1. The molecule has 0 bridgehead atoms. The van der Waals surface area contributed by atoms with Gasteiger partial charge < -0.3 is 14.6 Å². The third-order valence-electron chi connectivity index (χ3n) is 2.73. The lowest BCUT2D eigenvalue weighted by atomic mass is 9.93. The fourth-order valence-electron chi connectivity index (χ4n) is 1.98. The summed E-state index contributed by atoms with van der Waals surface area (Å²) in [5.74, 6) is 1.80. The molecule has 5 heteroatoms. The summed E-state index contributed by atoms with van der Waals surface area (Å²) in [7, 11) is 1.63. The van der Waals surface area contributed by atoms with E-state index in [1.54, 1.807) is 7.11 Å². The van der Waals surface area contributed by atoms with E-state index in [-0.39, 0.29) is 0 Å². The second kappa shape index (κ2) is 4.72. The zero-order chi connectivity index (χ0) is 10.7. The van der Waals surface area contributed by atoms with Crippen molar-refractivity contribution >= 4 is 0 Å². The second-order valence-electron chi connectivity index (χ2n) is 4.06. The van der Waals surface area contributed by atoms with Gasteiger partial charge in [-0.25, -0.2) is 0 Å². The summed E-state index contributed by atoms with van der Waals surface area (Å²) in [6, 6.07) is 0.529. The molecule has 0 aliphatic carbocycles. The first-order valence-corrected chi connectivity index (χ1v) is 5.34. The van der Waals surface area contributed by atoms with Crippen LogP contribution in [0.3, 0.4) is 0 Å². The molecule has 0 radical (unpaired) electrons. The first-order chi connectivity index (χ1) is 7.29. The number of hydrogen-bond acceptors (Lipinski definition) is 5. The highest BCUT2D eigenvalue weighted by Gasteiger charge is 2.24. The van der Waals surface area contributed by atoms with Crippen LogP contribution in [0, 0.1) is 0 Å². The predicted octanol–water partition coefficient (Wildman–Crippen LogP) is 1.07. The van der Waals surface area contributed by atoms with Crippen molar-refractivity contribution in [1.82, 2.24) is 15.5 Å². The minimum absolute atomic E-state index is 0.402. The molecular formula is C10H17N3O2. The van der Waals surface area contributed by atoms with Gasteiger partial charge in [-0.05, 0) is 26.3 Å². The minimum Gasteiger partial charge on any atom is -0.377 e.